The largest absolute Gasteiger partial charge is 0.480 e. The number of aryl methyl sites for hydroxylation is 1. The Hall–Kier alpha value is -2.98. The number of nitrogens with zero attached hydrogens (tertiary/aromatic N) is 1. The van der Waals surface area contributed by atoms with Gasteiger partial charge in [-0.25, -0.2) is 13.2 Å². The number of hydrogen-bond donors (Lipinski definition) is 4. The van der Waals surface area contributed by atoms with Gasteiger partial charge in [0.2, 0.25) is 10.0 Å². The minimum Gasteiger partial charge on any atom is -0.480 e. The topological polar surface area (TPSA) is 126 Å². The van der Waals surface area contributed by atoms with Crippen LogP contribution in [0.5, 0.6) is 0 Å². The van der Waals surface area contributed by atoms with E-state index >= 15 is 0 Å². The first-order valence-corrected chi connectivity index (χ1v) is 10.6. The number of hydrogen-bond acceptors (Lipinski definition) is 5. The number of fused-ring (bicyclic) bond motifs is 1. The summed E-state index contributed by atoms with van der Waals surface area (Å²) in [4.78, 5) is 21.7. The van der Waals surface area contributed by atoms with Gasteiger partial charge in [0.25, 0.3) is 0 Å². The average molecular weight is 437 g/mol. The molecule has 8 nitrogen and oxygen atoms in total. The first kappa shape index (κ1) is 22.3. The van der Waals surface area contributed by atoms with Crippen molar-refractivity contribution in [2.75, 3.05) is 11.0 Å². The fourth-order valence-electron chi connectivity index (χ4n) is 2.71. The maximum Gasteiger partial charge on any atom is 0.336 e. The molecule has 0 fully saturated rings. The number of aromatic nitrogens is 1. The molecule has 2 aromatic carbocycles. The van der Waals surface area contributed by atoms with Crippen molar-refractivity contribution in [3.05, 3.63) is 59.8 Å². The van der Waals surface area contributed by atoms with Gasteiger partial charge in [0.05, 0.1) is 23.0 Å². The van der Waals surface area contributed by atoms with Gasteiger partial charge in [-0.05, 0) is 37.3 Å². The monoisotopic (exact) mass is 436 g/mol. The number of aromatic carboxylic acids is 1. The Morgan fingerprint density at radius 2 is 1.76 bits per heavy atom. The highest BCUT2D eigenvalue weighted by Crippen LogP contribution is 2.27. The molecule has 0 radical (unpaired) electrons. The van der Waals surface area contributed by atoms with Crippen LogP contribution in [0.15, 0.2) is 53.4 Å². The van der Waals surface area contributed by atoms with Crippen molar-refractivity contribution in [1.82, 2.24) is 4.57 Å². The zero-order chi connectivity index (χ0) is 21.8. The van der Waals surface area contributed by atoms with Crippen molar-refractivity contribution in [3.63, 3.8) is 0 Å². The molecule has 0 saturated heterocycles. The molecule has 154 valence electrons. The highest BCUT2D eigenvalue weighted by Gasteiger charge is 2.13. The molecule has 0 saturated carbocycles. The van der Waals surface area contributed by atoms with Crippen molar-refractivity contribution < 1.29 is 28.2 Å². The third-order valence-electron chi connectivity index (χ3n) is 3.88. The Morgan fingerprint density at radius 1 is 1.10 bits per heavy atom. The van der Waals surface area contributed by atoms with E-state index in [-0.39, 0.29) is 12.1 Å². The Morgan fingerprint density at radius 3 is 2.28 bits per heavy atom. The number of rotatable bonds is 5. The molecule has 0 aliphatic heterocycles. The number of aliphatic carboxylic acids is 1. The summed E-state index contributed by atoms with van der Waals surface area (Å²) in [6, 6.07) is 13.4. The maximum atomic E-state index is 11.3. The van der Waals surface area contributed by atoms with E-state index in [4.69, 9.17) is 10.2 Å². The fourth-order valence-corrected chi connectivity index (χ4v) is 3.54. The number of anilines is 1. The summed E-state index contributed by atoms with van der Waals surface area (Å²) >= 11 is 3.96. The quantitative estimate of drug-likeness (QED) is 0.456. The van der Waals surface area contributed by atoms with Crippen LogP contribution in [0.3, 0.4) is 0 Å². The smallest absolute Gasteiger partial charge is 0.336 e. The molecule has 0 bridgehead atoms. The SMILES string of the molecule is Cc1cc2c(NS(C)(=O)=O)cccc2n1CC(=O)O.O=C(O)c1ccccc1S. The lowest BCUT2D eigenvalue weighted by Gasteiger charge is -2.07. The third kappa shape index (κ3) is 6.00. The molecule has 0 unspecified atom stereocenters. The van der Waals surface area contributed by atoms with Gasteiger partial charge in [0.15, 0.2) is 0 Å². The van der Waals surface area contributed by atoms with Gasteiger partial charge in [0.1, 0.15) is 6.54 Å². The molecular weight excluding hydrogens is 416 g/mol. The molecule has 10 heteroatoms. The van der Waals surface area contributed by atoms with Gasteiger partial charge in [-0.3, -0.25) is 9.52 Å². The van der Waals surface area contributed by atoms with E-state index in [1.807, 2.05) is 0 Å². The maximum absolute atomic E-state index is 11.3. The molecule has 3 aromatic rings. The number of thiol groups is 1. The van der Waals surface area contributed by atoms with Crippen LogP contribution in [0.25, 0.3) is 10.9 Å². The van der Waals surface area contributed by atoms with Gasteiger partial charge in [-0.1, -0.05) is 18.2 Å². The summed E-state index contributed by atoms with van der Waals surface area (Å²) in [6.45, 7) is 1.63. The molecule has 29 heavy (non-hydrogen) atoms. The van der Waals surface area contributed by atoms with Crippen molar-refractivity contribution in [2.45, 2.75) is 18.4 Å². The highest BCUT2D eigenvalue weighted by molar-refractivity contribution is 7.92. The van der Waals surface area contributed by atoms with Crippen LogP contribution in [0, 0.1) is 6.92 Å². The van der Waals surface area contributed by atoms with Crippen LogP contribution in [-0.4, -0.2) is 41.4 Å². The Balaban J connectivity index is 0.000000253. The Labute approximate surface area is 173 Å². The van der Waals surface area contributed by atoms with E-state index in [9.17, 15) is 18.0 Å². The number of benzene rings is 2. The Kier molecular flexibility index (Phi) is 6.93. The van der Waals surface area contributed by atoms with E-state index in [0.717, 1.165) is 11.9 Å². The minimum absolute atomic E-state index is 0.155. The summed E-state index contributed by atoms with van der Waals surface area (Å²) in [5, 5.41) is 18.1. The van der Waals surface area contributed by atoms with Crippen LogP contribution >= 0.6 is 12.6 Å². The number of carbonyl (C=O) groups is 2. The molecule has 1 heterocycles. The molecule has 0 aliphatic carbocycles. The summed E-state index contributed by atoms with van der Waals surface area (Å²) < 4.78 is 26.7. The molecule has 0 spiro atoms. The third-order valence-corrected chi connectivity index (χ3v) is 4.86. The van der Waals surface area contributed by atoms with E-state index in [0.29, 0.717) is 21.5 Å². The molecule has 0 amide bonds. The van der Waals surface area contributed by atoms with Gasteiger partial charge >= 0.3 is 11.9 Å². The highest BCUT2D eigenvalue weighted by atomic mass is 32.2. The lowest BCUT2D eigenvalue weighted by atomic mass is 10.2. The van der Waals surface area contributed by atoms with Crippen molar-refractivity contribution in [3.8, 4) is 0 Å². The van der Waals surface area contributed by atoms with E-state index in [2.05, 4.69) is 17.4 Å². The van der Waals surface area contributed by atoms with Crippen molar-refractivity contribution >= 4 is 51.2 Å². The second-order valence-corrected chi connectivity index (χ2v) is 8.43. The molecule has 0 atom stereocenters. The van der Waals surface area contributed by atoms with Gasteiger partial charge in [-0.15, -0.1) is 12.6 Å². The second kappa shape index (κ2) is 9.01. The Bertz CT molecular complexity index is 1170. The molecule has 0 aliphatic rings. The lowest BCUT2D eigenvalue weighted by molar-refractivity contribution is -0.137. The first-order valence-electron chi connectivity index (χ1n) is 8.29. The molecule has 3 N–H and O–H groups in total. The second-order valence-electron chi connectivity index (χ2n) is 6.20. The predicted octanol–water partition coefficient (Wildman–Crippen LogP) is 3.08. The normalized spacial score (nSPS) is 10.9. The van der Waals surface area contributed by atoms with Crippen LogP contribution in [0.1, 0.15) is 16.1 Å². The van der Waals surface area contributed by atoms with Gasteiger partial charge in [0, 0.05) is 16.0 Å². The molecule has 1 aromatic heterocycles. The minimum atomic E-state index is -3.37. The lowest BCUT2D eigenvalue weighted by Crippen LogP contribution is -2.10. The van der Waals surface area contributed by atoms with Crippen molar-refractivity contribution in [1.29, 1.82) is 0 Å². The average Bonchev–Trinajstić information content (AvgIpc) is 2.91. The van der Waals surface area contributed by atoms with Gasteiger partial charge < -0.3 is 14.8 Å². The zero-order valence-electron chi connectivity index (χ0n) is 15.7. The summed E-state index contributed by atoms with van der Waals surface area (Å²) in [5.74, 6) is -1.88. The number of sulfonamides is 1. The fraction of sp³-hybridized carbons (Fsp3) is 0.158. The summed E-state index contributed by atoms with van der Waals surface area (Å²) in [5.41, 5.74) is 2.15. The van der Waals surface area contributed by atoms with Crippen LogP contribution in [0.2, 0.25) is 0 Å². The summed E-state index contributed by atoms with van der Waals surface area (Å²) in [6.07, 6.45) is 1.08. The molecule has 3 rings (SSSR count). The zero-order valence-corrected chi connectivity index (χ0v) is 17.4. The predicted molar refractivity (Wildman–Crippen MR) is 113 cm³/mol. The van der Waals surface area contributed by atoms with Crippen LogP contribution in [0.4, 0.5) is 5.69 Å². The number of carboxylic acid groups (broad SMARTS) is 2. The number of nitrogens with one attached hydrogen (secondary N) is 1. The van der Waals surface area contributed by atoms with Crippen LogP contribution < -0.4 is 4.72 Å². The first-order chi connectivity index (χ1) is 13.5. The van der Waals surface area contributed by atoms with Gasteiger partial charge in [-0.2, -0.15) is 0 Å². The number of carboxylic acids is 2. The van der Waals surface area contributed by atoms with E-state index in [1.54, 1.807) is 54.0 Å². The molecular formula is C19H20N2O6S2. The van der Waals surface area contributed by atoms with E-state index < -0.39 is 22.0 Å². The van der Waals surface area contributed by atoms with Crippen LogP contribution in [-0.2, 0) is 21.4 Å². The van der Waals surface area contributed by atoms with E-state index in [1.165, 1.54) is 6.07 Å². The standard InChI is InChI=1S/C12H14N2O4S.C7H6O2S/c1-8-6-9-10(13-19(2,17)18)4-3-5-11(9)14(8)7-12(15)16;8-7(9)5-3-1-2-4-6(5)10/h3-6,13H,7H2,1-2H3,(H,15,16);1-4,10H,(H,8,9). The van der Waals surface area contributed by atoms with Crippen molar-refractivity contribution in [2.24, 2.45) is 0 Å². The summed E-state index contributed by atoms with van der Waals surface area (Å²) in [7, 11) is -3.37.